The Bertz CT molecular complexity index is 648. The fourth-order valence-electron chi connectivity index (χ4n) is 1.62. The molecule has 1 unspecified atom stereocenters. The quantitative estimate of drug-likeness (QED) is 0.919. The van der Waals surface area contributed by atoms with Gasteiger partial charge in [0.15, 0.2) is 5.15 Å². The highest BCUT2D eigenvalue weighted by Gasteiger charge is 2.15. The van der Waals surface area contributed by atoms with Gasteiger partial charge < -0.3 is 5.32 Å². The van der Waals surface area contributed by atoms with E-state index in [1.165, 1.54) is 6.07 Å². The SMILES string of the molecule is Cc1ccc(C(C)Nc2snc(Cl)c2C#N)cc1F. The monoisotopic (exact) mass is 295 g/mol. The zero-order valence-electron chi connectivity index (χ0n) is 10.4. The number of aryl methyl sites for hydroxylation is 1. The predicted molar refractivity (Wildman–Crippen MR) is 75.0 cm³/mol. The summed E-state index contributed by atoms with van der Waals surface area (Å²) in [6, 6.07) is 6.93. The molecule has 1 N–H and O–H groups in total. The first kappa shape index (κ1) is 13.8. The van der Waals surface area contributed by atoms with E-state index in [1.807, 2.05) is 19.1 Å². The third-order valence-electron chi connectivity index (χ3n) is 2.81. The Morgan fingerprint density at radius 2 is 2.26 bits per heavy atom. The van der Waals surface area contributed by atoms with Crippen LogP contribution in [0.3, 0.4) is 0 Å². The largest absolute Gasteiger partial charge is 0.368 e. The van der Waals surface area contributed by atoms with Crippen molar-refractivity contribution in [1.82, 2.24) is 4.37 Å². The van der Waals surface area contributed by atoms with Crippen molar-refractivity contribution in [3.8, 4) is 6.07 Å². The lowest BCUT2D eigenvalue weighted by Crippen LogP contribution is -2.07. The molecule has 0 saturated heterocycles. The number of nitriles is 1. The summed E-state index contributed by atoms with van der Waals surface area (Å²) >= 11 is 6.92. The Kier molecular flexibility index (Phi) is 4.03. The number of halogens is 2. The van der Waals surface area contributed by atoms with Gasteiger partial charge in [-0.05, 0) is 42.6 Å². The van der Waals surface area contributed by atoms with Crippen molar-refractivity contribution in [3.05, 3.63) is 45.9 Å². The summed E-state index contributed by atoms with van der Waals surface area (Å²) in [5, 5.41) is 12.9. The van der Waals surface area contributed by atoms with Gasteiger partial charge >= 0.3 is 0 Å². The summed E-state index contributed by atoms with van der Waals surface area (Å²) in [5.41, 5.74) is 1.73. The zero-order chi connectivity index (χ0) is 14.0. The van der Waals surface area contributed by atoms with E-state index in [0.717, 1.165) is 17.1 Å². The summed E-state index contributed by atoms with van der Waals surface area (Å²) in [4.78, 5) is 0. The minimum Gasteiger partial charge on any atom is -0.368 e. The van der Waals surface area contributed by atoms with E-state index in [0.29, 0.717) is 16.1 Å². The van der Waals surface area contributed by atoms with Gasteiger partial charge in [0.05, 0.1) is 0 Å². The van der Waals surface area contributed by atoms with E-state index >= 15 is 0 Å². The van der Waals surface area contributed by atoms with Crippen LogP contribution in [0.2, 0.25) is 5.15 Å². The van der Waals surface area contributed by atoms with Gasteiger partial charge in [-0.2, -0.15) is 9.64 Å². The summed E-state index contributed by atoms with van der Waals surface area (Å²) < 4.78 is 17.4. The van der Waals surface area contributed by atoms with Crippen LogP contribution in [0.4, 0.5) is 9.39 Å². The Morgan fingerprint density at radius 3 is 2.89 bits per heavy atom. The second-order valence-corrected chi connectivity index (χ2v) is 5.30. The summed E-state index contributed by atoms with van der Waals surface area (Å²) in [6.07, 6.45) is 0. The molecule has 0 aliphatic carbocycles. The zero-order valence-corrected chi connectivity index (χ0v) is 11.9. The van der Waals surface area contributed by atoms with Gasteiger partial charge in [0.2, 0.25) is 0 Å². The lowest BCUT2D eigenvalue weighted by atomic mass is 10.1. The molecule has 6 heteroatoms. The number of aromatic nitrogens is 1. The third kappa shape index (κ3) is 2.86. The van der Waals surface area contributed by atoms with E-state index < -0.39 is 0 Å². The van der Waals surface area contributed by atoms with Crippen LogP contribution in [0, 0.1) is 24.1 Å². The van der Waals surface area contributed by atoms with Crippen molar-refractivity contribution in [2.45, 2.75) is 19.9 Å². The van der Waals surface area contributed by atoms with Crippen molar-refractivity contribution < 1.29 is 4.39 Å². The molecule has 0 amide bonds. The molecular formula is C13H11ClFN3S. The van der Waals surface area contributed by atoms with Gasteiger partial charge in [-0.15, -0.1) is 0 Å². The molecule has 3 nitrogen and oxygen atoms in total. The summed E-state index contributed by atoms with van der Waals surface area (Å²) in [5.74, 6) is -0.242. The lowest BCUT2D eigenvalue weighted by molar-refractivity contribution is 0.614. The van der Waals surface area contributed by atoms with E-state index in [-0.39, 0.29) is 17.0 Å². The number of rotatable bonds is 3. The van der Waals surface area contributed by atoms with Gasteiger partial charge in [0, 0.05) is 6.04 Å². The normalized spacial score (nSPS) is 11.9. The van der Waals surface area contributed by atoms with E-state index in [4.69, 9.17) is 16.9 Å². The highest BCUT2D eigenvalue weighted by Crippen LogP contribution is 2.31. The molecule has 1 aromatic heterocycles. The van der Waals surface area contributed by atoms with Crippen LogP contribution >= 0.6 is 23.1 Å². The van der Waals surface area contributed by atoms with Crippen LogP contribution in [-0.4, -0.2) is 4.37 Å². The van der Waals surface area contributed by atoms with Crippen LogP contribution in [-0.2, 0) is 0 Å². The molecule has 1 atom stereocenters. The maximum Gasteiger partial charge on any atom is 0.162 e. The van der Waals surface area contributed by atoms with E-state index in [2.05, 4.69) is 9.69 Å². The van der Waals surface area contributed by atoms with Crippen LogP contribution in [0.1, 0.15) is 29.7 Å². The van der Waals surface area contributed by atoms with Crippen LogP contribution < -0.4 is 5.32 Å². The second kappa shape index (κ2) is 5.55. The Morgan fingerprint density at radius 1 is 1.53 bits per heavy atom. The van der Waals surface area contributed by atoms with Gasteiger partial charge in [-0.3, -0.25) is 0 Å². The Balaban J connectivity index is 2.23. The number of nitrogens with zero attached hydrogens (tertiary/aromatic N) is 2. The number of benzene rings is 1. The topological polar surface area (TPSA) is 48.7 Å². The highest BCUT2D eigenvalue weighted by molar-refractivity contribution is 7.10. The fraction of sp³-hybridized carbons (Fsp3) is 0.231. The summed E-state index contributed by atoms with van der Waals surface area (Å²) in [6.45, 7) is 3.60. The van der Waals surface area contributed by atoms with Gasteiger partial charge in [-0.25, -0.2) is 4.39 Å². The standard InChI is InChI=1S/C13H11ClFN3S/c1-7-3-4-9(5-11(7)15)8(2)17-13-10(6-16)12(14)18-19-13/h3-5,8,17H,1-2H3. The number of nitrogens with one attached hydrogen (secondary N) is 1. The lowest BCUT2D eigenvalue weighted by Gasteiger charge is -2.14. The number of anilines is 1. The average molecular weight is 296 g/mol. The first-order valence-corrected chi connectivity index (χ1v) is 6.76. The Labute approximate surface area is 119 Å². The molecule has 0 saturated carbocycles. The molecule has 0 aliphatic rings. The average Bonchev–Trinajstić information content (AvgIpc) is 2.73. The molecule has 1 heterocycles. The number of hydrogen-bond donors (Lipinski definition) is 1. The smallest absolute Gasteiger partial charge is 0.162 e. The summed E-state index contributed by atoms with van der Waals surface area (Å²) in [7, 11) is 0. The van der Waals surface area contributed by atoms with E-state index in [1.54, 1.807) is 13.0 Å². The molecule has 19 heavy (non-hydrogen) atoms. The molecule has 0 fully saturated rings. The second-order valence-electron chi connectivity index (χ2n) is 4.16. The first-order chi connectivity index (χ1) is 9.02. The predicted octanol–water partition coefficient (Wildman–Crippen LogP) is 4.29. The van der Waals surface area contributed by atoms with Crippen LogP contribution in [0.5, 0.6) is 0 Å². The molecule has 0 radical (unpaired) electrons. The Hall–Kier alpha value is -1.64. The van der Waals surface area contributed by atoms with Crippen LogP contribution in [0.25, 0.3) is 0 Å². The fourth-order valence-corrected chi connectivity index (χ4v) is 2.65. The molecule has 0 aliphatic heterocycles. The minimum atomic E-state index is -0.242. The van der Waals surface area contributed by atoms with Gasteiger partial charge in [-0.1, -0.05) is 23.7 Å². The minimum absolute atomic E-state index is 0.140. The third-order valence-corrected chi connectivity index (χ3v) is 3.96. The molecular weight excluding hydrogens is 285 g/mol. The van der Waals surface area contributed by atoms with Crippen molar-refractivity contribution in [2.75, 3.05) is 5.32 Å². The maximum absolute atomic E-state index is 13.5. The molecule has 0 bridgehead atoms. The van der Waals surface area contributed by atoms with Crippen LogP contribution in [0.15, 0.2) is 18.2 Å². The molecule has 98 valence electrons. The van der Waals surface area contributed by atoms with Crippen molar-refractivity contribution in [2.24, 2.45) is 0 Å². The van der Waals surface area contributed by atoms with Crippen molar-refractivity contribution >= 4 is 28.1 Å². The van der Waals surface area contributed by atoms with Crippen molar-refractivity contribution in [1.29, 1.82) is 5.26 Å². The highest BCUT2D eigenvalue weighted by atomic mass is 35.5. The molecule has 1 aromatic carbocycles. The number of hydrogen-bond acceptors (Lipinski definition) is 4. The molecule has 2 rings (SSSR count). The van der Waals surface area contributed by atoms with Gasteiger partial charge in [0.1, 0.15) is 22.5 Å². The van der Waals surface area contributed by atoms with Gasteiger partial charge in [0.25, 0.3) is 0 Å². The van der Waals surface area contributed by atoms with E-state index in [9.17, 15) is 4.39 Å². The molecule has 2 aromatic rings. The first-order valence-electron chi connectivity index (χ1n) is 5.60. The molecule has 0 spiro atoms. The maximum atomic E-state index is 13.5. The van der Waals surface area contributed by atoms with Crippen molar-refractivity contribution in [3.63, 3.8) is 0 Å².